The molecule has 2 aromatic rings. The van der Waals surface area contributed by atoms with Gasteiger partial charge in [-0.05, 0) is 24.1 Å². The monoisotopic (exact) mass is 219 g/mol. The molecule has 1 aromatic heterocycles. The molecule has 0 aliphatic heterocycles. The molecule has 84 valence electrons. The summed E-state index contributed by atoms with van der Waals surface area (Å²) in [6.07, 6.45) is 1.79. The summed E-state index contributed by atoms with van der Waals surface area (Å²) < 4.78 is 14.7. The van der Waals surface area contributed by atoms with Crippen molar-refractivity contribution in [3.05, 3.63) is 42.0 Å². The Morgan fingerprint density at radius 2 is 2.06 bits per heavy atom. The van der Waals surface area contributed by atoms with E-state index in [2.05, 4.69) is 18.9 Å². The van der Waals surface area contributed by atoms with E-state index in [0.717, 1.165) is 5.69 Å². The summed E-state index contributed by atoms with van der Waals surface area (Å²) in [6.45, 7) is 4.11. The van der Waals surface area contributed by atoms with Gasteiger partial charge in [-0.1, -0.05) is 13.8 Å². The van der Waals surface area contributed by atoms with Gasteiger partial charge in [0.2, 0.25) is 0 Å². The van der Waals surface area contributed by atoms with E-state index in [9.17, 15) is 4.39 Å². The number of anilines is 1. The molecule has 16 heavy (non-hydrogen) atoms. The quantitative estimate of drug-likeness (QED) is 0.789. The van der Waals surface area contributed by atoms with Gasteiger partial charge in [0.25, 0.3) is 0 Å². The number of aromatic nitrogens is 2. The molecule has 0 amide bonds. The van der Waals surface area contributed by atoms with Gasteiger partial charge in [-0.3, -0.25) is 0 Å². The number of nitrogens with two attached hydrogens (primary N) is 1. The second kappa shape index (κ2) is 3.96. The molecular weight excluding hydrogens is 205 g/mol. The fraction of sp³-hybridized carbons (Fsp3) is 0.250. The normalized spacial score (nSPS) is 11.0. The molecule has 0 aliphatic rings. The van der Waals surface area contributed by atoms with Gasteiger partial charge in [0.15, 0.2) is 0 Å². The van der Waals surface area contributed by atoms with E-state index in [-0.39, 0.29) is 5.82 Å². The molecule has 0 radical (unpaired) electrons. The lowest BCUT2D eigenvalue weighted by atomic mass is 10.1. The van der Waals surface area contributed by atoms with Gasteiger partial charge in [-0.2, -0.15) is 5.10 Å². The van der Waals surface area contributed by atoms with Crippen molar-refractivity contribution in [2.24, 2.45) is 0 Å². The first-order chi connectivity index (χ1) is 7.58. The van der Waals surface area contributed by atoms with E-state index in [1.165, 1.54) is 12.1 Å². The van der Waals surface area contributed by atoms with Crippen LogP contribution in [0.5, 0.6) is 0 Å². The van der Waals surface area contributed by atoms with Gasteiger partial charge in [0.05, 0.1) is 17.1 Å². The molecule has 2 N–H and O–H groups in total. The summed E-state index contributed by atoms with van der Waals surface area (Å²) in [6, 6.07) is 6.18. The third-order valence-corrected chi connectivity index (χ3v) is 2.44. The summed E-state index contributed by atoms with van der Waals surface area (Å²) >= 11 is 0. The Hall–Kier alpha value is -1.84. The van der Waals surface area contributed by atoms with E-state index in [1.54, 1.807) is 16.9 Å². The highest BCUT2D eigenvalue weighted by Gasteiger charge is 2.07. The zero-order chi connectivity index (χ0) is 11.7. The summed E-state index contributed by atoms with van der Waals surface area (Å²) in [5, 5.41) is 4.35. The number of halogens is 1. The Balaban J connectivity index is 2.46. The fourth-order valence-electron chi connectivity index (χ4n) is 1.50. The van der Waals surface area contributed by atoms with Crippen molar-refractivity contribution in [2.75, 3.05) is 5.73 Å². The molecule has 0 aliphatic carbocycles. The number of rotatable bonds is 2. The maximum atomic E-state index is 13.1. The smallest absolute Gasteiger partial charge is 0.125 e. The van der Waals surface area contributed by atoms with Gasteiger partial charge in [-0.25, -0.2) is 9.07 Å². The number of nitrogen functional groups attached to an aromatic ring is 1. The second-order valence-corrected chi connectivity index (χ2v) is 4.04. The topological polar surface area (TPSA) is 43.8 Å². The highest BCUT2D eigenvalue weighted by molar-refractivity contribution is 5.57. The van der Waals surface area contributed by atoms with Crippen LogP contribution in [0.15, 0.2) is 30.5 Å². The van der Waals surface area contributed by atoms with Crippen LogP contribution in [-0.4, -0.2) is 9.78 Å². The van der Waals surface area contributed by atoms with Crippen molar-refractivity contribution in [3.8, 4) is 5.69 Å². The Morgan fingerprint density at radius 3 is 2.69 bits per heavy atom. The molecule has 0 spiro atoms. The fourth-order valence-corrected chi connectivity index (χ4v) is 1.50. The Kier molecular flexibility index (Phi) is 2.64. The first kappa shape index (κ1) is 10.7. The van der Waals surface area contributed by atoms with Crippen molar-refractivity contribution in [1.29, 1.82) is 0 Å². The first-order valence-electron chi connectivity index (χ1n) is 5.19. The number of benzene rings is 1. The minimum absolute atomic E-state index is 0.314. The van der Waals surface area contributed by atoms with Crippen molar-refractivity contribution in [1.82, 2.24) is 9.78 Å². The first-order valence-corrected chi connectivity index (χ1v) is 5.19. The van der Waals surface area contributed by atoms with Crippen LogP contribution in [-0.2, 0) is 0 Å². The zero-order valence-corrected chi connectivity index (χ0v) is 9.31. The van der Waals surface area contributed by atoms with E-state index in [4.69, 9.17) is 5.73 Å². The summed E-state index contributed by atoms with van der Waals surface area (Å²) in [5.41, 5.74) is 7.83. The Morgan fingerprint density at radius 1 is 1.31 bits per heavy atom. The SMILES string of the molecule is CC(C)c1ccn(-c2cc(F)ccc2N)n1. The van der Waals surface area contributed by atoms with Gasteiger partial charge in [0, 0.05) is 12.3 Å². The molecule has 0 saturated carbocycles. The van der Waals surface area contributed by atoms with Crippen LogP contribution in [0, 0.1) is 5.82 Å². The third kappa shape index (κ3) is 1.91. The van der Waals surface area contributed by atoms with Gasteiger partial charge in [0.1, 0.15) is 5.82 Å². The van der Waals surface area contributed by atoms with Crippen LogP contribution in [0.2, 0.25) is 0 Å². The molecule has 0 atom stereocenters. The summed E-state index contributed by atoms with van der Waals surface area (Å²) in [5.74, 6) is 0.0295. The predicted molar refractivity (Wildman–Crippen MR) is 62.0 cm³/mol. The number of hydrogen-bond acceptors (Lipinski definition) is 2. The molecule has 3 nitrogen and oxygen atoms in total. The van der Waals surface area contributed by atoms with Crippen molar-refractivity contribution >= 4 is 5.69 Å². The molecule has 0 fully saturated rings. The molecule has 0 unspecified atom stereocenters. The van der Waals surface area contributed by atoms with E-state index in [1.807, 2.05) is 6.07 Å². The van der Waals surface area contributed by atoms with E-state index in [0.29, 0.717) is 17.3 Å². The van der Waals surface area contributed by atoms with Gasteiger partial charge in [-0.15, -0.1) is 0 Å². The zero-order valence-electron chi connectivity index (χ0n) is 9.31. The van der Waals surface area contributed by atoms with Crippen LogP contribution in [0.3, 0.4) is 0 Å². The van der Waals surface area contributed by atoms with Crippen LogP contribution in [0.25, 0.3) is 5.69 Å². The van der Waals surface area contributed by atoms with Crippen molar-refractivity contribution < 1.29 is 4.39 Å². The Bertz CT molecular complexity index is 503. The minimum Gasteiger partial charge on any atom is -0.397 e. The van der Waals surface area contributed by atoms with Crippen LogP contribution in [0.1, 0.15) is 25.5 Å². The minimum atomic E-state index is -0.314. The molecule has 1 heterocycles. The van der Waals surface area contributed by atoms with Crippen LogP contribution >= 0.6 is 0 Å². The number of nitrogens with zero attached hydrogens (tertiary/aromatic N) is 2. The third-order valence-electron chi connectivity index (χ3n) is 2.44. The summed E-state index contributed by atoms with van der Waals surface area (Å²) in [4.78, 5) is 0. The van der Waals surface area contributed by atoms with Crippen molar-refractivity contribution in [3.63, 3.8) is 0 Å². The molecule has 4 heteroatoms. The highest BCUT2D eigenvalue weighted by Crippen LogP contribution is 2.19. The van der Waals surface area contributed by atoms with Crippen LogP contribution in [0.4, 0.5) is 10.1 Å². The standard InChI is InChI=1S/C12H14FN3/c1-8(2)11-5-6-16(15-11)12-7-9(13)3-4-10(12)14/h3-8H,14H2,1-2H3. The molecular formula is C12H14FN3. The van der Waals surface area contributed by atoms with Gasteiger partial charge < -0.3 is 5.73 Å². The lowest BCUT2D eigenvalue weighted by Crippen LogP contribution is -2.02. The average Bonchev–Trinajstić information content (AvgIpc) is 2.70. The number of hydrogen-bond donors (Lipinski definition) is 1. The lowest BCUT2D eigenvalue weighted by Gasteiger charge is -2.05. The van der Waals surface area contributed by atoms with Gasteiger partial charge >= 0.3 is 0 Å². The predicted octanol–water partition coefficient (Wildman–Crippen LogP) is 2.72. The lowest BCUT2D eigenvalue weighted by molar-refractivity contribution is 0.625. The second-order valence-electron chi connectivity index (χ2n) is 4.04. The molecule has 0 bridgehead atoms. The van der Waals surface area contributed by atoms with Crippen LogP contribution < -0.4 is 5.73 Å². The van der Waals surface area contributed by atoms with Crippen molar-refractivity contribution in [2.45, 2.75) is 19.8 Å². The molecule has 0 saturated heterocycles. The average molecular weight is 219 g/mol. The maximum absolute atomic E-state index is 13.1. The summed E-state index contributed by atoms with van der Waals surface area (Å²) in [7, 11) is 0. The Labute approximate surface area is 93.7 Å². The van der Waals surface area contributed by atoms with E-state index >= 15 is 0 Å². The molecule has 2 rings (SSSR count). The van der Waals surface area contributed by atoms with E-state index < -0.39 is 0 Å². The largest absolute Gasteiger partial charge is 0.397 e. The maximum Gasteiger partial charge on any atom is 0.125 e. The molecule has 1 aromatic carbocycles. The highest BCUT2D eigenvalue weighted by atomic mass is 19.1.